The lowest BCUT2D eigenvalue weighted by Crippen LogP contribution is -2.30. The molecule has 0 fully saturated rings. The third kappa shape index (κ3) is 6.78. The largest absolute Gasteiger partial charge is 0.383 e. The Hall–Kier alpha value is -1.40. The molecule has 7 heteroatoms. The highest BCUT2D eigenvalue weighted by Gasteiger charge is 2.10. The molecule has 0 saturated heterocycles. The van der Waals surface area contributed by atoms with Crippen LogP contribution in [0.3, 0.4) is 0 Å². The molecule has 0 bridgehead atoms. The minimum absolute atomic E-state index is 0. The van der Waals surface area contributed by atoms with Crippen molar-refractivity contribution in [1.29, 1.82) is 0 Å². The van der Waals surface area contributed by atoms with Gasteiger partial charge in [0, 0.05) is 35.3 Å². The van der Waals surface area contributed by atoms with Crippen molar-refractivity contribution in [3.05, 3.63) is 59.2 Å². The van der Waals surface area contributed by atoms with Crippen LogP contribution in [0.5, 0.6) is 0 Å². The average Bonchev–Trinajstić information content (AvgIpc) is 2.55. The monoisotopic (exact) mass is 401 g/mol. The Labute approximate surface area is 167 Å². The molecule has 25 heavy (non-hydrogen) atoms. The fraction of sp³-hybridized carbons (Fsp3) is 0.278. The maximum absolute atomic E-state index is 12.4. The second kappa shape index (κ2) is 11.3. The second-order valence-electron chi connectivity index (χ2n) is 5.61. The number of anilines is 2. The molecular weight excluding hydrogens is 377 g/mol. The van der Waals surface area contributed by atoms with Crippen molar-refractivity contribution in [2.45, 2.75) is 19.9 Å². The molecule has 0 aromatic heterocycles. The van der Waals surface area contributed by atoms with Crippen LogP contribution in [0.15, 0.2) is 42.5 Å². The highest BCUT2D eigenvalue weighted by atomic mass is 35.5. The summed E-state index contributed by atoms with van der Waals surface area (Å²) in [6, 6.07) is 13.3. The summed E-state index contributed by atoms with van der Waals surface area (Å²) in [6.45, 7) is 4.60. The van der Waals surface area contributed by atoms with Crippen molar-refractivity contribution < 1.29 is 4.79 Å². The van der Waals surface area contributed by atoms with E-state index in [0.29, 0.717) is 17.9 Å². The molecule has 0 spiro atoms. The maximum Gasteiger partial charge on any atom is 0.255 e. The number of hydrogen-bond donors (Lipinski definition) is 4. The molecule has 138 valence electrons. The smallest absolute Gasteiger partial charge is 0.255 e. The van der Waals surface area contributed by atoms with Gasteiger partial charge in [0.15, 0.2) is 0 Å². The minimum atomic E-state index is -0.101. The van der Waals surface area contributed by atoms with E-state index in [1.165, 1.54) is 0 Å². The van der Waals surface area contributed by atoms with Gasteiger partial charge in [0.05, 0.1) is 0 Å². The molecule has 0 radical (unpaired) electrons. The molecule has 4 N–H and O–H groups in total. The SMILES string of the molecule is Cc1cccc(C(=O)Nc2cccc(NC[C@@H](N)CS)c2)c1C.Cl.Cl. The number of halogens is 2. The lowest BCUT2D eigenvalue weighted by Gasteiger charge is -2.13. The van der Waals surface area contributed by atoms with Crippen LogP contribution in [0.1, 0.15) is 21.5 Å². The summed E-state index contributed by atoms with van der Waals surface area (Å²) in [7, 11) is 0. The van der Waals surface area contributed by atoms with Gasteiger partial charge in [-0.1, -0.05) is 18.2 Å². The van der Waals surface area contributed by atoms with Crippen LogP contribution in [0.25, 0.3) is 0 Å². The zero-order valence-electron chi connectivity index (χ0n) is 14.3. The van der Waals surface area contributed by atoms with Gasteiger partial charge in [-0.2, -0.15) is 12.6 Å². The summed E-state index contributed by atoms with van der Waals surface area (Å²) in [5.41, 5.74) is 10.3. The number of aryl methyl sites for hydroxylation is 1. The van der Waals surface area contributed by atoms with E-state index in [-0.39, 0.29) is 36.8 Å². The van der Waals surface area contributed by atoms with Crippen molar-refractivity contribution in [2.75, 3.05) is 22.9 Å². The van der Waals surface area contributed by atoms with E-state index in [9.17, 15) is 4.79 Å². The van der Waals surface area contributed by atoms with Crippen molar-refractivity contribution in [1.82, 2.24) is 0 Å². The molecule has 1 atom stereocenters. The predicted molar refractivity (Wildman–Crippen MR) is 115 cm³/mol. The third-order valence-corrected chi connectivity index (χ3v) is 4.24. The summed E-state index contributed by atoms with van der Waals surface area (Å²) >= 11 is 4.16. The number of benzene rings is 2. The highest BCUT2D eigenvalue weighted by Crippen LogP contribution is 2.18. The highest BCUT2D eigenvalue weighted by molar-refractivity contribution is 7.80. The first-order valence-electron chi connectivity index (χ1n) is 7.59. The van der Waals surface area contributed by atoms with Crippen LogP contribution in [0.4, 0.5) is 11.4 Å². The summed E-state index contributed by atoms with van der Waals surface area (Å²) in [5, 5.41) is 6.19. The maximum atomic E-state index is 12.4. The van der Waals surface area contributed by atoms with Gasteiger partial charge in [0.2, 0.25) is 0 Å². The quantitative estimate of drug-likeness (QED) is 0.551. The molecule has 2 rings (SSSR count). The first kappa shape index (κ1) is 23.6. The normalized spacial score (nSPS) is 10.9. The number of carbonyl (C=O) groups is 1. The topological polar surface area (TPSA) is 67.2 Å². The molecule has 0 aliphatic carbocycles. The van der Waals surface area contributed by atoms with Gasteiger partial charge < -0.3 is 16.4 Å². The number of nitrogens with two attached hydrogens (primary N) is 1. The van der Waals surface area contributed by atoms with Crippen LogP contribution in [0, 0.1) is 13.8 Å². The molecule has 0 heterocycles. The Bertz CT molecular complexity index is 698. The number of hydrogen-bond acceptors (Lipinski definition) is 4. The lowest BCUT2D eigenvalue weighted by molar-refractivity contribution is 0.102. The average molecular weight is 402 g/mol. The Morgan fingerprint density at radius 2 is 1.76 bits per heavy atom. The molecule has 0 aliphatic heterocycles. The van der Waals surface area contributed by atoms with Crippen LogP contribution < -0.4 is 16.4 Å². The van der Waals surface area contributed by atoms with E-state index < -0.39 is 0 Å². The number of thiol groups is 1. The summed E-state index contributed by atoms with van der Waals surface area (Å²) in [4.78, 5) is 12.4. The molecule has 1 amide bonds. The minimum Gasteiger partial charge on any atom is -0.383 e. The van der Waals surface area contributed by atoms with Gasteiger partial charge in [0.1, 0.15) is 0 Å². The van der Waals surface area contributed by atoms with Crippen LogP contribution in [-0.2, 0) is 0 Å². The molecule has 0 aliphatic rings. The Balaban J connectivity index is 0.00000288. The van der Waals surface area contributed by atoms with Crippen LogP contribution in [0.2, 0.25) is 0 Å². The zero-order valence-corrected chi connectivity index (χ0v) is 16.8. The predicted octanol–water partition coefficient (Wildman–Crippen LogP) is 4.07. The fourth-order valence-electron chi connectivity index (χ4n) is 2.22. The van der Waals surface area contributed by atoms with E-state index in [1.54, 1.807) is 0 Å². The van der Waals surface area contributed by atoms with Gasteiger partial charge in [-0.15, -0.1) is 24.8 Å². The molecule has 4 nitrogen and oxygen atoms in total. The van der Waals surface area contributed by atoms with Crippen molar-refractivity contribution >= 4 is 54.7 Å². The van der Waals surface area contributed by atoms with E-state index in [1.807, 2.05) is 56.3 Å². The first-order chi connectivity index (χ1) is 11.0. The summed E-state index contributed by atoms with van der Waals surface area (Å²) < 4.78 is 0. The van der Waals surface area contributed by atoms with Gasteiger partial charge in [-0.3, -0.25) is 4.79 Å². The van der Waals surface area contributed by atoms with Gasteiger partial charge in [0.25, 0.3) is 5.91 Å². The lowest BCUT2D eigenvalue weighted by atomic mass is 10.0. The molecule has 0 unspecified atom stereocenters. The van der Waals surface area contributed by atoms with Gasteiger partial charge >= 0.3 is 0 Å². The summed E-state index contributed by atoms with van der Waals surface area (Å²) in [5.74, 6) is 0.520. The van der Waals surface area contributed by atoms with Crippen molar-refractivity contribution in [3.63, 3.8) is 0 Å². The molecule has 0 saturated carbocycles. The fourth-order valence-corrected chi connectivity index (χ4v) is 2.35. The van der Waals surface area contributed by atoms with Crippen LogP contribution in [-0.4, -0.2) is 24.2 Å². The Kier molecular flexibility index (Phi) is 10.6. The molecule has 2 aromatic carbocycles. The van der Waals surface area contributed by atoms with Gasteiger partial charge in [-0.25, -0.2) is 0 Å². The third-order valence-electron chi connectivity index (χ3n) is 3.77. The van der Waals surface area contributed by atoms with E-state index >= 15 is 0 Å². The summed E-state index contributed by atoms with van der Waals surface area (Å²) in [6.07, 6.45) is 0. The van der Waals surface area contributed by atoms with E-state index in [4.69, 9.17) is 5.73 Å². The Morgan fingerprint density at radius 1 is 1.12 bits per heavy atom. The molecular formula is C18H25Cl2N3OS. The standard InChI is InChI=1S/C18H23N3OS.2ClH/c1-12-5-3-8-17(13(12)2)18(22)21-16-7-4-6-15(9-16)20-10-14(19)11-23;;/h3-9,14,20,23H,10-11,19H2,1-2H3,(H,21,22);2*1H/t14-;;/m1../s1. The number of nitrogens with one attached hydrogen (secondary N) is 2. The van der Waals surface area contributed by atoms with Crippen molar-refractivity contribution in [3.8, 4) is 0 Å². The number of rotatable bonds is 6. The first-order valence-corrected chi connectivity index (χ1v) is 8.22. The van der Waals surface area contributed by atoms with Crippen molar-refractivity contribution in [2.24, 2.45) is 5.73 Å². The molecule has 2 aromatic rings. The zero-order chi connectivity index (χ0) is 16.8. The second-order valence-corrected chi connectivity index (χ2v) is 5.97. The Morgan fingerprint density at radius 3 is 2.44 bits per heavy atom. The van der Waals surface area contributed by atoms with E-state index in [0.717, 1.165) is 22.5 Å². The van der Waals surface area contributed by atoms with Gasteiger partial charge in [-0.05, 0) is 49.2 Å². The van der Waals surface area contributed by atoms with E-state index in [2.05, 4.69) is 23.3 Å². The number of carbonyl (C=O) groups excluding carboxylic acids is 1. The number of amides is 1. The van der Waals surface area contributed by atoms with Crippen LogP contribution >= 0.6 is 37.4 Å².